The quantitative estimate of drug-likeness (QED) is 0.463. The second-order valence-electron chi connectivity index (χ2n) is 3.39. The summed E-state index contributed by atoms with van der Waals surface area (Å²) in [5.41, 5.74) is 0.726. The molecular formula is C9H8ClN5O2. The molecule has 0 aliphatic rings. The molecule has 0 aromatic carbocycles. The van der Waals surface area contributed by atoms with Crippen LogP contribution in [0.3, 0.4) is 0 Å². The molecule has 2 heterocycles. The number of nitro groups is 1. The zero-order chi connectivity index (χ0) is 12.6. The minimum absolute atomic E-state index is 0.0141. The van der Waals surface area contributed by atoms with E-state index >= 15 is 0 Å². The van der Waals surface area contributed by atoms with Gasteiger partial charge < -0.3 is 0 Å². The highest BCUT2D eigenvalue weighted by atomic mass is 35.5. The minimum atomic E-state index is -0.461. The highest BCUT2D eigenvalue weighted by Gasteiger charge is 2.22. The smallest absolute Gasteiger partial charge is 0.258 e. The molecule has 8 heteroatoms. The first-order chi connectivity index (χ1) is 8.00. The average molecular weight is 254 g/mol. The van der Waals surface area contributed by atoms with Crippen LogP contribution >= 0.6 is 11.6 Å². The summed E-state index contributed by atoms with van der Waals surface area (Å²) in [6.07, 6.45) is 1.28. The van der Waals surface area contributed by atoms with E-state index in [9.17, 15) is 10.1 Å². The minimum Gasteiger partial charge on any atom is -0.258 e. The lowest BCUT2D eigenvalue weighted by Gasteiger charge is -2.01. The molecule has 2 aromatic rings. The van der Waals surface area contributed by atoms with Gasteiger partial charge in [-0.05, 0) is 13.8 Å². The van der Waals surface area contributed by atoms with Gasteiger partial charge in [-0.3, -0.25) is 10.1 Å². The van der Waals surface area contributed by atoms with E-state index in [-0.39, 0.29) is 10.8 Å². The second-order valence-corrected chi connectivity index (χ2v) is 3.77. The molecule has 0 bridgehead atoms. The Kier molecular flexibility index (Phi) is 2.76. The summed E-state index contributed by atoms with van der Waals surface area (Å²) in [6, 6.07) is 1.49. The summed E-state index contributed by atoms with van der Waals surface area (Å²) in [5.74, 6) is 0.402. The number of rotatable bonds is 2. The van der Waals surface area contributed by atoms with Gasteiger partial charge in [-0.1, -0.05) is 11.6 Å². The lowest BCUT2D eigenvalue weighted by atomic mass is 10.3. The molecule has 2 rings (SSSR count). The molecule has 0 N–H and O–H groups in total. The Balaban J connectivity index is 2.62. The van der Waals surface area contributed by atoms with Crippen molar-refractivity contribution >= 4 is 17.3 Å². The van der Waals surface area contributed by atoms with Crippen molar-refractivity contribution in [3.8, 4) is 5.82 Å². The number of aromatic nitrogens is 4. The topological polar surface area (TPSA) is 86.7 Å². The molecule has 0 saturated heterocycles. The Bertz CT molecular complexity index is 595. The van der Waals surface area contributed by atoms with Gasteiger partial charge in [0.25, 0.3) is 0 Å². The summed E-state index contributed by atoms with van der Waals surface area (Å²) < 4.78 is 1.38. The molecule has 0 aliphatic carbocycles. The number of hydrogen-bond donors (Lipinski definition) is 0. The van der Waals surface area contributed by atoms with Gasteiger partial charge in [0, 0.05) is 6.07 Å². The fourth-order valence-corrected chi connectivity index (χ4v) is 1.70. The maximum Gasteiger partial charge on any atom is 0.313 e. The number of nitrogens with zero attached hydrogens (tertiary/aromatic N) is 5. The molecule has 7 nitrogen and oxygen atoms in total. The van der Waals surface area contributed by atoms with Gasteiger partial charge >= 0.3 is 5.69 Å². The number of hydrogen-bond acceptors (Lipinski definition) is 5. The molecule has 0 aliphatic heterocycles. The Morgan fingerprint density at radius 1 is 1.41 bits per heavy atom. The first kappa shape index (κ1) is 11.5. The molecule has 0 amide bonds. The van der Waals surface area contributed by atoms with Gasteiger partial charge in [0.15, 0.2) is 5.82 Å². The van der Waals surface area contributed by atoms with Crippen molar-refractivity contribution < 1.29 is 4.92 Å². The molecule has 0 unspecified atom stereocenters. The van der Waals surface area contributed by atoms with Crippen LogP contribution in [0.15, 0.2) is 12.4 Å². The lowest BCUT2D eigenvalue weighted by molar-refractivity contribution is -0.386. The molecule has 0 saturated carbocycles. The zero-order valence-electron chi connectivity index (χ0n) is 9.09. The predicted octanol–water partition coefficient (Wildman–Crippen LogP) is 1.84. The van der Waals surface area contributed by atoms with Crippen molar-refractivity contribution in [3.63, 3.8) is 0 Å². The van der Waals surface area contributed by atoms with Crippen molar-refractivity contribution in [2.45, 2.75) is 13.8 Å². The van der Waals surface area contributed by atoms with Crippen LogP contribution in [0.2, 0.25) is 5.15 Å². The number of aryl methyl sites for hydroxylation is 1. The van der Waals surface area contributed by atoms with Gasteiger partial charge in [0.1, 0.15) is 22.9 Å². The molecule has 2 aromatic heterocycles. The molecule has 0 spiro atoms. The van der Waals surface area contributed by atoms with E-state index in [1.807, 2.05) is 0 Å². The van der Waals surface area contributed by atoms with E-state index < -0.39 is 4.92 Å². The molecule has 0 radical (unpaired) electrons. The lowest BCUT2D eigenvalue weighted by Crippen LogP contribution is -2.02. The van der Waals surface area contributed by atoms with Crippen molar-refractivity contribution in [1.82, 2.24) is 19.7 Å². The fourth-order valence-electron chi connectivity index (χ4n) is 1.56. The van der Waals surface area contributed by atoms with Crippen molar-refractivity contribution in [2.24, 2.45) is 0 Å². The molecular weight excluding hydrogens is 246 g/mol. The Morgan fingerprint density at radius 2 is 2.12 bits per heavy atom. The Morgan fingerprint density at radius 3 is 2.65 bits per heavy atom. The van der Waals surface area contributed by atoms with Gasteiger partial charge in [0.05, 0.1) is 4.92 Å². The van der Waals surface area contributed by atoms with Crippen LogP contribution in [0.5, 0.6) is 0 Å². The van der Waals surface area contributed by atoms with E-state index in [1.54, 1.807) is 13.8 Å². The largest absolute Gasteiger partial charge is 0.313 e. The van der Waals surface area contributed by atoms with Crippen LogP contribution < -0.4 is 0 Å². The third-order valence-corrected chi connectivity index (χ3v) is 2.48. The SMILES string of the molecule is Cc1nn(-c2cc(Cl)ncn2)c(C)c1[N+](=O)[O-]. The molecule has 0 fully saturated rings. The maximum atomic E-state index is 10.8. The van der Waals surface area contributed by atoms with Crippen LogP contribution in [0.25, 0.3) is 5.82 Å². The maximum absolute atomic E-state index is 10.8. The summed E-state index contributed by atoms with van der Waals surface area (Å²) in [4.78, 5) is 18.1. The highest BCUT2D eigenvalue weighted by molar-refractivity contribution is 6.29. The summed E-state index contributed by atoms with van der Waals surface area (Å²) >= 11 is 5.73. The van der Waals surface area contributed by atoms with E-state index in [2.05, 4.69) is 15.1 Å². The second kappa shape index (κ2) is 4.10. The molecule has 0 atom stereocenters. The highest BCUT2D eigenvalue weighted by Crippen LogP contribution is 2.24. The summed E-state index contributed by atoms with van der Waals surface area (Å²) in [6.45, 7) is 3.18. The van der Waals surface area contributed by atoms with E-state index in [4.69, 9.17) is 11.6 Å². The van der Waals surface area contributed by atoms with Crippen LogP contribution in [0, 0.1) is 24.0 Å². The van der Waals surface area contributed by atoms with Crippen molar-refractivity contribution in [1.29, 1.82) is 0 Å². The third kappa shape index (κ3) is 1.96. The fraction of sp³-hybridized carbons (Fsp3) is 0.222. The first-order valence-corrected chi connectivity index (χ1v) is 5.07. The van der Waals surface area contributed by atoms with E-state index in [1.165, 1.54) is 17.1 Å². The normalized spacial score (nSPS) is 10.5. The van der Waals surface area contributed by atoms with Crippen LogP contribution in [-0.2, 0) is 0 Å². The molecule has 17 heavy (non-hydrogen) atoms. The predicted molar refractivity (Wildman–Crippen MR) is 60.3 cm³/mol. The molecule has 88 valence electrons. The Hall–Kier alpha value is -2.02. The monoisotopic (exact) mass is 253 g/mol. The van der Waals surface area contributed by atoms with Gasteiger partial charge in [-0.25, -0.2) is 14.6 Å². The van der Waals surface area contributed by atoms with Crippen LogP contribution in [0.4, 0.5) is 5.69 Å². The van der Waals surface area contributed by atoms with Gasteiger partial charge in [-0.15, -0.1) is 0 Å². The third-order valence-electron chi connectivity index (χ3n) is 2.27. The van der Waals surface area contributed by atoms with Crippen LogP contribution in [0.1, 0.15) is 11.4 Å². The first-order valence-electron chi connectivity index (χ1n) is 4.69. The number of halogens is 1. The standard InChI is InChI=1S/C9H8ClN5O2/c1-5-9(15(16)17)6(2)14(13-5)8-3-7(10)11-4-12-8/h3-4H,1-2H3. The Labute approximate surface area is 101 Å². The summed E-state index contributed by atoms with van der Waals surface area (Å²) in [7, 11) is 0. The van der Waals surface area contributed by atoms with E-state index in [0.29, 0.717) is 17.2 Å². The van der Waals surface area contributed by atoms with Crippen molar-refractivity contribution in [3.05, 3.63) is 39.0 Å². The van der Waals surface area contributed by atoms with Gasteiger partial charge in [-0.2, -0.15) is 5.10 Å². The van der Waals surface area contributed by atoms with Crippen molar-refractivity contribution in [2.75, 3.05) is 0 Å². The van der Waals surface area contributed by atoms with E-state index in [0.717, 1.165) is 0 Å². The average Bonchev–Trinajstić information content (AvgIpc) is 2.54. The summed E-state index contributed by atoms with van der Waals surface area (Å²) in [5, 5.41) is 15.2. The van der Waals surface area contributed by atoms with Gasteiger partial charge in [0.2, 0.25) is 0 Å². The van der Waals surface area contributed by atoms with Crippen LogP contribution in [-0.4, -0.2) is 24.7 Å². The zero-order valence-corrected chi connectivity index (χ0v) is 9.84.